The van der Waals surface area contributed by atoms with Crippen molar-refractivity contribution in [3.8, 4) is 11.4 Å². The summed E-state index contributed by atoms with van der Waals surface area (Å²) in [6.45, 7) is 2.01. The van der Waals surface area contributed by atoms with Crippen LogP contribution in [-0.4, -0.2) is 26.9 Å². The molecule has 0 N–H and O–H groups in total. The van der Waals surface area contributed by atoms with E-state index in [0.29, 0.717) is 0 Å². The van der Waals surface area contributed by atoms with Crippen LogP contribution >= 0.6 is 23.1 Å². The van der Waals surface area contributed by atoms with Crippen molar-refractivity contribution >= 4 is 23.1 Å². The number of thioether (sulfide) groups is 1. The van der Waals surface area contributed by atoms with Gasteiger partial charge in [0.25, 0.3) is 0 Å². The maximum absolute atomic E-state index is 5.26. The number of rotatable bonds is 5. The van der Waals surface area contributed by atoms with Crippen LogP contribution in [0.3, 0.4) is 0 Å². The lowest BCUT2D eigenvalue weighted by Gasteiger charge is -2.07. The molecule has 2 heterocycles. The summed E-state index contributed by atoms with van der Waals surface area (Å²) in [5.74, 6) is 1.60. The van der Waals surface area contributed by atoms with E-state index in [1.807, 2.05) is 35.8 Å². The number of thiazole rings is 1. The van der Waals surface area contributed by atoms with Crippen LogP contribution < -0.4 is 4.74 Å². The van der Waals surface area contributed by atoms with Crippen molar-refractivity contribution in [3.63, 3.8) is 0 Å². The monoisotopic (exact) mass is 318 g/mol. The van der Waals surface area contributed by atoms with Gasteiger partial charge < -0.3 is 4.74 Å². The minimum absolute atomic E-state index is 0.785. The molecule has 0 spiro atoms. The molecule has 3 aromatic rings. The van der Waals surface area contributed by atoms with Crippen LogP contribution in [0.25, 0.3) is 5.69 Å². The third kappa shape index (κ3) is 3.25. The van der Waals surface area contributed by atoms with Gasteiger partial charge in [-0.1, -0.05) is 17.8 Å². The van der Waals surface area contributed by atoms with Gasteiger partial charge in [-0.05, 0) is 19.1 Å². The molecule has 3 rings (SSSR count). The Bertz CT molecular complexity index is 738. The van der Waals surface area contributed by atoms with Gasteiger partial charge in [0.15, 0.2) is 5.16 Å². The number of hydrogen-bond donors (Lipinski definition) is 0. The lowest BCUT2D eigenvalue weighted by atomic mass is 10.3. The number of nitrogens with zero attached hydrogens (tertiary/aromatic N) is 4. The van der Waals surface area contributed by atoms with Crippen LogP contribution in [0.5, 0.6) is 5.75 Å². The van der Waals surface area contributed by atoms with E-state index >= 15 is 0 Å². The third-order valence-electron chi connectivity index (χ3n) is 2.86. The molecule has 0 radical (unpaired) electrons. The summed E-state index contributed by atoms with van der Waals surface area (Å²) in [6.07, 6.45) is 1.71. The summed E-state index contributed by atoms with van der Waals surface area (Å²) in [5.41, 5.74) is 2.05. The van der Waals surface area contributed by atoms with Gasteiger partial charge in [-0.2, -0.15) is 0 Å². The van der Waals surface area contributed by atoms with Gasteiger partial charge in [-0.25, -0.2) is 4.98 Å². The number of benzene rings is 1. The summed E-state index contributed by atoms with van der Waals surface area (Å²) in [6, 6.07) is 7.83. The van der Waals surface area contributed by atoms with Crippen LogP contribution in [0.4, 0.5) is 0 Å². The van der Waals surface area contributed by atoms with Gasteiger partial charge >= 0.3 is 0 Å². The summed E-state index contributed by atoms with van der Waals surface area (Å²) in [4.78, 5) is 4.46. The minimum Gasteiger partial charge on any atom is -0.497 e. The Morgan fingerprint density at radius 1 is 1.38 bits per heavy atom. The summed E-state index contributed by atoms with van der Waals surface area (Å²) >= 11 is 3.28. The molecule has 0 saturated carbocycles. The summed E-state index contributed by atoms with van der Waals surface area (Å²) in [5, 5.41) is 12.2. The molecule has 108 valence electrons. The van der Waals surface area contributed by atoms with Gasteiger partial charge in [-0.15, -0.1) is 21.5 Å². The first kappa shape index (κ1) is 14.1. The van der Waals surface area contributed by atoms with Gasteiger partial charge in [0, 0.05) is 17.2 Å². The Hall–Kier alpha value is -1.86. The molecular weight excluding hydrogens is 304 g/mol. The quantitative estimate of drug-likeness (QED) is 0.675. The second-order valence-corrected chi connectivity index (χ2v) is 6.34. The average Bonchev–Trinajstić information content (AvgIpc) is 3.14. The predicted molar refractivity (Wildman–Crippen MR) is 84.3 cm³/mol. The SMILES string of the molecule is COc1cccc(-n2cnnc2SCc2csc(C)n2)c1. The van der Waals surface area contributed by atoms with Crippen molar-refractivity contribution in [2.75, 3.05) is 7.11 Å². The fourth-order valence-electron chi connectivity index (χ4n) is 1.87. The predicted octanol–water partition coefficient (Wildman–Crippen LogP) is 3.33. The van der Waals surface area contributed by atoms with Crippen molar-refractivity contribution in [2.24, 2.45) is 0 Å². The zero-order valence-corrected chi connectivity index (χ0v) is 13.3. The number of methoxy groups -OCH3 is 1. The maximum Gasteiger partial charge on any atom is 0.195 e. The molecule has 0 bridgehead atoms. The van der Waals surface area contributed by atoms with Crippen molar-refractivity contribution in [3.05, 3.63) is 46.7 Å². The van der Waals surface area contributed by atoms with Gasteiger partial charge in [0.1, 0.15) is 12.1 Å². The zero-order valence-electron chi connectivity index (χ0n) is 11.7. The van der Waals surface area contributed by atoms with Gasteiger partial charge in [-0.3, -0.25) is 4.57 Å². The molecular formula is C14H14N4OS2. The second kappa shape index (κ2) is 6.28. The number of ether oxygens (including phenoxy) is 1. The molecule has 2 aromatic heterocycles. The van der Waals surface area contributed by atoms with E-state index in [-0.39, 0.29) is 0 Å². The molecule has 0 aliphatic carbocycles. The molecule has 0 saturated heterocycles. The highest BCUT2D eigenvalue weighted by Crippen LogP contribution is 2.25. The highest BCUT2D eigenvalue weighted by Gasteiger charge is 2.09. The van der Waals surface area contributed by atoms with Crippen LogP contribution in [0.1, 0.15) is 10.7 Å². The Morgan fingerprint density at radius 2 is 2.29 bits per heavy atom. The van der Waals surface area contributed by atoms with Crippen molar-refractivity contribution in [1.29, 1.82) is 0 Å². The molecule has 0 aliphatic rings. The molecule has 5 nitrogen and oxygen atoms in total. The Morgan fingerprint density at radius 3 is 3.05 bits per heavy atom. The number of aromatic nitrogens is 4. The highest BCUT2D eigenvalue weighted by molar-refractivity contribution is 7.98. The van der Waals surface area contributed by atoms with E-state index in [1.165, 1.54) is 0 Å². The Labute approximate surface area is 131 Å². The van der Waals surface area contributed by atoms with Crippen molar-refractivity contribution in [2.45, 2.75) is 17.8 Å². The molecule has 0 atom stereocenters. The molecule has 0 amide bonds. The van der Waals surface area contributed by atoms with Crippen LogP contribution in [0, 0.1) is 6.92 Å². The van der Waals surface area contributed by atoms with E-state index in [2.05, 4.69) is 20.6 Å². The molecule has 1 aromatic carbocycles. The lowest BCUT2D eigenvalue weighted by Crippen LogP contribution is -1.96. The van der Waals surface area contributed by atoms with Crippen LogP contribution in [-0.2, 0) is 5.75 Å². The van der Waals surface area contributed by atoms with E-state index in [4.69, 9.17) is 4.74 Å². The van der Waals surface area contributed by atoms with Crippen molar-refractivity contribution in [1.82, 2.24) is 19.7 Å². The summed E-state index contributed by atoms with van der Waals surface area (Å²) < 4.78 is 7.21. The smallest absolute Gasteiger partial charge is 0.195 e. The van der Waals surface area contributed by atoms with Crippen LogP contribution in [0.2, 0.25) is 0 Å². The molecule has 0 fully saturated rings. The Kier molecular flexibility index (Phi) is 4.21. The average molecular weight is 318 g/mol. The molecule has 21 heavy (non-hydrogen) atoms. The lowest BCUT2D eigenvalue weighted by molar-refractivity contribution is 0.414. The first-order chi connectivity index (χ1) is 10.3. The molecule has 0 unspecified atom stereocenters. The van der Waals surface area contributed by atoms with Crippen molar-refractivity contribution < 1.29 is 4.74 Å². The highest BCUT2D eigenvalue weighted by atomic mass is 32.2. The standard InChI is InChI=1S/C14H14N4OS2/c1-10-16-11(7-20-10)8-21-14-17-15-9-18(14)12-4-3-5-13(6-12)19-2/h3-7,9H,8H2,1-2H3. The first-order valence-electron chi connectivity index (χ1n) is 6.34. The normalized spacial score (nSPS) is 10.8. The molecule has 7 heteroatoms. The number of hydrogen-bond acceptors (Lipinski definition) is 6. The molecule has 0 aliphatic heterocycles. The zero-order chi connectivity index (χ0) is 14.7. The summed E-state index contributed by atoms with van der Waals surface area (Å²) in [7, 11) is 1.66. The fourth-order valence-corrected chi connectivity index (χ4v) is 3.41. The van der Waals surface area contributed by atoms with E-state index in [9.17, 15) is 0 Å². The largest absolute Gasteiger partial charge is 0.497 e. The second-order valence-electron chi connectivity index (χ2n) is 4.33. The van der Waals surface area contributed by atoms with Gasteiger partial charge in [0.2, 0.25) is 0 Å². The maximum atomic E-state index is 5.26. The Balaban J connectivity index is 1.80. The topological polar surface area (TPSA) is 52.8 Å². The fraction of sp³-hybridized carbons (Fsp3) is 0.214. The minimum atomic E-state index is 0.785. The first-order valence-corrected chi connectivity index (χ1v) is 8.21. The van der Waals surface area contributed by atoms with Gasteiger partial charge in [0.05, 0.1) is 23.5 Å². The van der Waals surface area contributed by atoms with E-state index in [1.54, 1.807) is 36.5 Å². The number of aryl methyl sites for hydroxylation is 1. The third-order valence-corrected chi connectivity index (χ3v) is 4.66. The van der Waals surface area contributed by atoms with E-state index < -0.39 is 0 Å². The van der Waals surface area contributed by atoms with Crippen LogP contribution in [0.15, 0.2) is 41.1 Å². The van der Waals surface area contributed by atoms with E-state index in [0.717, 1.165) is 33.0 Å².